The highest BCUT2D eigenvalue weighted by atomic mass is 16.2. The van der Waals surface area contributed by atoms with E-state index in [1.165, 1.54) is 44.9 Å². The highest BCUT2D eigenvalue weighted by Crippen LogP contribution is 2.29. The van der Waals surface area contributed by atoms with Gasteiger partial charge in [0.15, 0.2) is 0 Å². The first-order valence-electron chi connectivity index (χ1n) is 8.68. The van der Waals surface area contributed by atoms with Crippen molar-refractivity contribution < 1.29 is 4.79 Å². The fraction of sp³-hybridized carbons (Fsp3) is 0.941. The summed E-state index contributed by atoms with van der Waals surface area (Å²) >= 11 is 0. The second kappa shape index (κ2) is 7.33. The maximum atomic E-state index is 12.3. The molecule has 2 amide bonds. The summed E-state index contributed by atoms with van der Waals surface area (Å²) in [6.07, 6.45) is 10.0. The predicted molar refractivity (Wildman–Crippen MR) is 83.7 cm³/mol. The molecular formula is C17H32N2O. The van der Waals surface area contributed by atoms with Gasteiger partial charge in [-0.3, -0.25) is 0 Å². The summed E-state index contributed by atoms with van der Waals surface area (Å²) < 4.78 is 0. The van der Waals surface area contributed by atoms with Crippen LogP contribution in [0.3, 0.4) is 0 Å². The van der Waals surface area contributed by atoms with E-state index >= 15 is 0 Å². The van der Waals surface area contributed by atoms with Crippen LogP contribution < -0.4 is 10.6 Å². The van der Waals surface area contributed by atoms with Crippen LogP contribution in [0.1, 0.15) is 72.1 Å². The van der Waals surface area contributed by atoms with E-state index in [1.54, 1.807) is 0 Å². The minimum Gasteiger partial charge on any atom is -0.335 e. The lowest BCUT2D eigenvalue weighted by Gasteiger charge is -2.37. The van der Waals surface area contributed by atoms with Crippen molar-refractivity contribution in [3.8, 4) is 0 Å². The minimum atomic E-state index is 0.0703. The lowest BCUT2D eigenvalue weighted by Crippen LogP contribution is -2.53. The molecule has 2 saturated carbocycles. The first-order valence-corrected chi connectivity index (χ1v) is 8.68. The van der Waals surface area contributed by atoms with Crippen molar-refractivity contribution in [2.45, 2.75) is 84.2 Å². The first kappa shape index (κ1) is 15.7. The molecule has 2 N–H and O–H groups in total. The Morgan fingerprint density at radius 2 is 1.60 bits per heavy atom. The Bertz CT molecular complexity index is 308. The van der Waals surface area contributed by atoms with Crippen molar-refractivity contribution >= 4 is 6.03 Å². The van der Waals surface area contributed by atoms with Crippen LogP contribution in [-0.4, -0.2) is 18.1 Å². The van der Waals surface area contributed by atoms with E-state index in [2.05, 4.69) is 31.4 Å². The summed E-state index contributed by atoms with van der Waals surface area (Å²) in [7, 11) is 0. The highest BCUT2D eigenvalue weighted by molar-refractivity contribution is 5.74. The molecule has 0 aliphatic heterocycles. The molecule has 0 aromatic carbocycles. The van der Waals surface area contributed by atoms with Crippen molar-refractivity contribution in [3.63, 3.8) is 0 Å². The van der Waals surface area contributed by atoms with Crippen LogP contribution in [0, 0.1) is 17.8 Å². The molecule has 20 heavy (non-hydrogen) atoms. The number of carbonyl (C=O) groups excluding carboxylic acids is 1. The Labute approximate surface area is 124 Å². The Morgan fingerprint density at radius 3 is 2.25 bits per heavy atom. The maximum absolute atomic E-state index is 12.3. The normalized spacial score (nSPS) is 38.2. The molecule has 4 unspecified atom stereocenters. The average Bonchev–Trinajstić information content (AvgIpc) is 2.44. The van der Waals surface area contributed by atoms with Gasteiger partial charge in [0.25, 0.3) is 0 Å². The Morgan fingerprint density at radius 1 is 0.950 bits per heavy atom. The highest BCUT2D eigenvalue weighted by Gasteiger charge is 2.30. The van der Waals surface area contributed by atoms with Crippen LogP contribution >= 0.6 is 0 Å². The summed E-state index contributed by atoms with van der Waals surface area (Å²) in [5.74, 6) is 1.89. The molecule has 0 aromatic rings. The number of urea groups is 1. The van der Waals surface area contributed by atoms with Gasteiger partial charge in [0.05, 0.1) is 0 Å². The molecular weight excluding hydrogens is 248 g/mol. The summed E-state index contributed by atoms with van der Waals surface area (Å²) in [4.78, 5) is 12.3. The van der Waals surface area contributed by atoms with E-state index in [0.29, 0.717) is 29.8 Å². The summed E-state index contributed by atoms with van der Waals surface area (Å²) in [6, 6.07) is 0.816. The number of rotatable bonds is 3. The fourth-order valence-electron chi connectivity index (χ4n) is 4.21. The van der Waals surface area contributed by atoms with E-state index in [4.69, 9.17) is 0 Å². The van der Waals surface area contributed by atoms with Crippen LogP contribution in [0.15, 0.2) is 0 Å². The molecule has 0 aromatic heterocycles. The van der Waals surface area contributed by atoms with E-state index < -0.39 is 0 Å². The molecule has 4 atom stereocenters. The predicted octanol–water partition coefficient (Wildman–Crippen LogP) is 4.08. The fourth-order valence-corrected chi connectivity index (χ4v) is 4.21. The van der Waals surface area contributed by atoms with Crippen LogP contribution in [0.25, 0.3) is 0 Å². The van der Waals surface area contributed by atoms with Gasteiger partial charge in [-0.25, -0.2) is 4.79 Å². The van der Waals surface area contributed by atoms with Crippen LogP contribution in [0.2, 0.25) is 0 Å². The summed E-state index contributed by atoms with van der Waals surface area (Å²) in [6.45, 7) is 6.79. The number of hydrogen-bond donors (Lipinski definition) is 2. The zero-order valence-electron chi connectivity index (χ0n) is 13.5. The molecule has 3 heteroatoms. The van der Waals surface area contributed by atoms with Gasteiger partial charge < -0.3 is 10.6 Å². The van der Waals surface area contributed by atoms with E-state index in [9.17, 15) is 4.79 Å². The van der Waals surface area contributed by atoms with Gasteiger partial charge in [-0.1, -0.05) is 46.5 Å². The first-order chi connectivity index (χ1) is 9.61. The van der Waals surface area contributed by atoms with E-state index in [-0.39, 0.29) is 6.03 Å². The van der Waals surface area contributed by atoms with Crippen LogP contribution in [-0.2, 0) is 0 Å². The molecule has 2 aliphatic carbocycles. The maximum Gasteiger partial charge on any atom is 0.315 e. The van der Waals surface area contributed by atoms with Crippen molar-refractivity contribution in [2.75, 3.05) is 0 Å². The van der Waals surface area contributed by atoms with Crippen molar-refractivity contribution in [3.05, 3.63) is 0 Å². The van der Waals surface area contributed by atoms with Gasteiger partial charge in [0.2, 0.25) is 0 Å². The van der Waals surface area contributed by atoms with Crippen LogP contribution in [0.4, 0.5) is 4.79 Å². The zero-order valence-corrected chi connectivity index (χ0v) is 13.5. The van der Waals surface area contributed by atoms with Crippen molar-refractivity contribution in [2.24, 2.45) is 17.8 Å². The minimum absolute atomic E-state index is 0.0703. The lowest BCUT2D eigenvalue weighted by atomic mass is 9.79. The second-order valence-electron chi connectivity index (χ2n) is 7.09. The van der Waals surface area contributed by atoms with Crippen molar-refractivity contribution in [1.29, 1.82) is 0 Å². The molecule has 2 rings (SSSR count). The lowest BCUT2D eigenvalue weighted by molar-refractivity contribution is 0.183. The van der Waals surface area contributed by atoms with E-state index in [0.717, 1.165) is 6.42 Å². The van der Waals surface area contributed by atoms with Crippen LogP contribution in [0.5, 0.6) is 0 Å². The third kappa shape index (κ3) is 3.89. The van der Waals surface area contributed by atoms with Gasteiger partial charge in [-0.2, -0.15) is 0 Å². The topological polar surface area (TPSA) is 41.1 Å². The molecule has 0 heterocycles. The number of amides is 2. The molecule has 2 aliphatic rings. The Hall–Kier alpha value is -0.730. The van der Waals surface area contributed by atoms with Gasteiger partial charge in [-0.05, 0) is 43.4 Å². The van der Waals surface area contributed by atoms with Gasteiger partial charge in [-0.15, -0.1) is 0 Å². The monoisotopic (exact) mass is 280 g/mol. The number of nitrogens with one attached hydrogen (secondary N) is 2. The summed E-state index contributed by atoms with van der Waals surface area (Å²) in [5, 5.41) is 6.52. The SMILES string of the molecule is CCC1CCCCC1NC(=O)NC1C(C)CCCC1C. The molecule has 0 radical (unpaired) electrons. The molecule has 3 nitrogen and oxygen atoms in total. The zero-order chi connectivity index (χ0) is 14.5. The molecule has 0 spiro atoms. The number of carbonyl (C=O) groups is 1. The van der Waals surface area contributed by atoms with Gasteiger partial charge in [0.1, 0.15) is 0 Å². The number of hydrogen-bond acceptors (Lipinski definition) is 1. The molecule has 0 saturated heterocycles. The third-order valence-corrected chi connectivity index (χ3v) is 5.59. The smallest absolute Gasteiger partial charge is 0.315 e. The Kier molecular flexibility index (Phi) is 5.74. The quantitative estimate of drug-likeness (QED) is 0.803. The molecule has 2 fully saturated rings. The van der Waals surface area contributed by atoms with Gasteiger partial charge >= 0.3 is 6.03 Å². The van der Waals surface area contributed by atoms with Crippen molar-refractivity contribution in [1.82, 2.24) is 10.6 Å². The standard InChI is InChI=1S/C17H32N2O/c1-4-14-10-5-6-11-15(14)18-17(20)19-16-12(2)8-7-9-13(16)3/h12-16H,4-11H2,1-3H3,(H2,18,19,20). The Balaban J connectivity index is 1.84. The van der Waals surface area contributed by atoms with E-state index in [1.807, 2.05) is 0 Å². The second-order valence-corrected chi connectivity index (χ2v) is 7.09. The molecule has 0 bridgehead atoms. The molecule has 116 valence electrons. The largest absolute Gasteiger partial charge is 0.335 e. The summed E-state index contributed by atoms with van der Waals surface area (Å²) in [5.41, 5.74) is 0. The average molecular weight is 280 g/mol. The van der Waals surface area contributed by atoms with Gasteiger partial charge in [0, 0.05) is 12.1 Å². The third-order valence-electron chi connectivity index (χ3n) is 5.59.